The molecule has 0 radical (unpaired) electrons. The van der Waals surface area contributed by atoms with Crippen molar-refractivity contribution in [1.29, 1.82) is 0 Å². The van der Waals surface area contributed by atoms with Crippen LogP contribution in [0, 0.1) is 29.4 Å². The molecule has 0 bridgehead atoms. The fourth-order valence-electron chi connectivity index (χ4n) is 4.95. The normalized spacial score (nSPS) is 21.6. The Kier molecular flexibility index (Phi) is 5.67. The van der Waals surface area contributed by atoms with E-state index in [2.05, 4.69) is 61.2 Å². The van der Waals surface area contributed by atoms with Crippen LogP contribution in [-0.4, -0.2) is 0 Å². The van der Waals surface area contributed by atoms with Gasteiger partial charge in [-0.05, 0) is 53.6 Å². The van der Waals surface area contributed by atoms with Crippen molar-refractivity contribution in [2.24, 2.45) is 5.92 Å². The van der Waals surface area contributed by atoms with E-state index in [9.17, 15) is 8.78 Å². The Morgan fingerprint density at radius 2 is 1.83 bits per heavy atom. The van der Waals surface area contributed by atoms with E-state index in [4.69, 9.17) is 0 Å². The minimum absolute atomic E-state index is 0.270. The second-order valence-corrected chi connectivity index (χ2v) is 8.10. The zero-order chi connectivity index (χ0) is 20.3. The van der Waals surface area contributed by atoms with Crippen molar-refractivity contribution < 1.29 is 8.78 Å². The van der Waals surface area contributed by atoms with Gasteiger partial charge in [-0.2, -0.15) is 0 Å². The lowest BCUT2D eigenvalue weighted by molar-refractivity contribution is 0.230. The molecule has 148 valence electrons. The van der Waals surface area contributed by atoms with Gasteiger partial charge in [0.15, 0.2) is 0 Å². The number of benzene rings is 3. The summed E-state index contributed by atoms with van der Waals surface area (Å²) in [4.78, 5) is 0. The summed E-state index contributed by atoms with van der Waals surface area (Å²) in [5.41, 5.74) is 1.21. The summed E-state index contributed by atoms with van der Waals surface area (Å²) in [6, 6.07) is 18.5. The quantitative estimate of drug-likeness (QED) is 0.410. The largest absolute Gasteiger partial charge is 0.207 e. The van der Waals surface area contributed by atoms with E-state index in [0.29, 0.717) is 5.92 Å². The Balaban J connectivity index is 1.92. The van der Waals surface area contributed by atoms with Crippen molar-refractivity contribution in [3.63, 3.8) is 0 Å². The summed E-state index contributed by atoms with van der Waals surface area (Å²) < 4.78 is 27.6. The van der Waals surface area contributed by atoms with Gasteiger partial charge in [0, 0.05) is 6.07 Å². The third kappa shape index (κ3) is 3.79. The van der Waals surface area contributed by atoms with Crippen molar-refractivity contribution in [3.8, 4) is 11.8 Å². The van der Waals surface area contributed by atoms with Crippen LogP contribution < -0.4 is 0 Å². The summed E-state index contributed by atoms with van der Waals surface area (Å²) in [6.07, 6.45) is 6.64. The van der Waals surface area contributed by atoms with Crippen molar-refractivity contribution in [3.05, 3.63) is 83.4 Å². The summed E-state index contributed by atoms with van der Waals surface area (Å²) in [6.45, 7) is 2.22. The van der Waals surface area contributed by atoms with Crippen LogP contribution in [0.5, 0.6) is 0 Å². The summed E-state index contributed by atoms with van der Waals surface area (Å²) >= 11 is 0. The van der Waals surface area contributed by atoms with Crippen molar-refractivity contribution in [2.75, 3.05) is 0 Å². The molecule has 0 aromatic heterocycles. The Morgan fingerprint density at radius 1 is 1.00 bits per heavy atom. The van der Waals surface area contributed by atoms with Gasteiger partial charge in [-0.1, -0.05) is 80.5 Å². The van der Waals surface area contributed by atoms with Gasteiger partial charge in [-0.3, -0.25) is 0 Å². The van der Waals surface area contributed by atoms with Crippen LogP contribution in [0.3, 0.4) is 0 Å². The van der Waals surface area contributed by atoms with Crippen LogP contribution in [0.2, 0.25) is 0 Å². The molecule has 2 unspecified atom stereocenters. The first kappa shape index (κ1) is 19.6. The molecule has 1 aliphatic rings. The third-order valence-electron chi connectivity index (χ3n) is 6.33. The molecule has 0 amide bonds. The van der Waals surface area contributed by atoms with Crippen molar-refractivity contribution in [1.82, 2.24) is 0 Å². The minimum atomic E-state index is -0.589. The van der Waals surface area contributed by atoms with Crippen LogP contribution >= 0.6 is 0 Å². The van der Waals surface area contributed by atoms with E-state index in [-0.39, 0.29) is 11.0 Å². The molecule has 1 fully saturated rings. The van der Waals surface area contributed by atoms with Gasteiger partial charge in [0.1, 0.15) is 11.6 Å². The zero-order valence-corrected chi connectivity index (χ0v) is 16.8. The molecule has 2 heteroatoms. The maximum absolute atomic E-state index is 14.3. The predicted octanol–water partition coefficient (Wildman–Crippen LogP) is 7.40. The third-order valence-corrected chi connectivity index (χ3v) is 6.33. The minimum Gasteiger partial charge on any atom is -0.207 e. The molecule has 0 saturated heterocycles. The number of rotatable bonds is 3. The topological polar surface area (TPSA) is 0 Å². The van der Waals surface area contributed by atoms with Crippen LogP contribution in [0.15, 0.2) is 60.7 Å². The first-order valence-electron chi connectivity index (χ1n) is 10.6. The molecule has 0 spiro atoms. The number of hydrogen-bond donors (Lipinski definition) is 0. The van der Waals surface area contributed by atoms with Crippen molar-refractivity contribution in [2.45, 2.75) is 50.9 Å². The van der Waals surface area contributed by atoms with Gasteiger partial charge < -0.3 is 0 Å². The van der Waals surface area contributed by atoms with Gasteiger partial charge >= 0.3 is 0 Å². The average molecular weight is 389 g/mol. The molecule has 3 aromatic rings. The first-order chi connectivity index (χ1) is 14.1. The molecule has 0 heterocycles. The highest BCUT2D eigenvalue weighted by Gasteiger charge is 2.41. The Hall–Kier alpha value is -2.66. The molecule has 29 heavy (non-hydrogen) atoms. The lowest BCUT2D eigenvalue weighted by atomic mass is 9.61. The summed E-state index contributed by atoms with van der Waals surface area (Å²) in [7, 11) is 0. The standard InChI is InChI=1S/C27H26F2/c1-2-8-22-11-5-6-17-27(22,18-16-21-14-15-23(28)19-26(21)29)25-13-7-10-20-9-3-4-12-24(20)25/h3-4,7,9-10,12-15,19,22H,2,5-6,8,11,17H2,1H3. The highest BCUT2D eigenvalue weighted by Crippen LogP contribution is 2.47. The van der Waals surface area contributed by atoms with Gasteiger partial charge in [-0.15, -0.1) is 0 Å². The lowest BCUT2D eigenvalue weighted by Gasteiger charge is -2.42. The summed E-state index contributed by atoms with van der Waals surface area (Å²) in [5, 5.41) is 2.44. The molecule has 0 N–H and O–H groups in total. The molecule has 0 nitrogen and oxygen atoms in total. The molecular weight excluding hydrogens is 362 g/mol. The van der Waals surface area contributed by atoms with Gasteiger partial charge in [0.05, 0.1) is 11.0 Å². The number of halogens is 2. The molecule has 3 aromatic carbocycles. The maximum Gasteiger partial charge on any atom is 0.141 e. The lowest BCUT2D eigenvalue weighted by Crippen LogP contribution is -2.37. The number of fused-ring (bicyclic) bond motifs is 1. The molecular formula is C27H26F2. The van der Waals surface area contributed by atoms with Crippen LogP contribution in [0.25, 0.3) is 10.8 Å². The van der Waals surface area contributed by atoms with Crippen LogP contribution in [0.1, 0.15) is 56.6 Å². The SMILES string of the molecule is CCCC1CCCCC1(C#Cc1ccc(F)cc1F)c1cccc2ccccc12. The van der Waals surface area contributed by atoms with E-state index in [0.717, 1.165) is 38.2 Å². The monoisotopic (exact) mass is 388 g/mol. The molecule has 2 atom stereocenters. The predicted molar refractivity (Wildman–Crippen MR) is 116 cm³/mol. The van der Waals surface area contributed by atoms with E-state index in [1.807, 2.05) is 0 Å². The average Bonchev–Trinajstić information content (AvgIpc) is 2.74. The van der Waals surface area contributed by atoms with E-state index in [1.54, 1.807) is 0 Å². The highest BCUT2D eigenvalue weighted by atomic mass is 19.1. The summed E-state index contributed by atoms with van der Waals surface area (Å²) in [5.74, 6) is 5.93. The number of hydrogen-bond acceptors (Lipinski definition) is 0. The zero-order valence-electron chi connectivity index (χ0n) is 16.8. The fraction of sp³-hybridized carbons (Fsp3) is 0.333. The van der Waals surface area contributed by atoms with Crippen molar-refractivity contribution >= 4 is 10.8 Å². The Labute approximate surface area is 172 Å². The van der Waals surface area contributed by atoms with Gasteiger partial charge in [0.2, 0.25) is 0 Å². The molecule has 0 aliphatic heterocycles. The van der Waals surface area contributed by atoms with E-state index in [1.165, 1.54) is 34.9 Å². The smallest absolute Gasteiger partial charge is 0.141 e. The van der Waals surface area contributed by atoms with E-state index >= 15 is 0 Å². The van der Waals surface area contributed by atoms with Gasteiger partial charge in [0.25, 0.3) is 0 Å². The molecule has 4 rings (SSSR count). The highest BCUT2D eigenvalue weighted by molar-refractivity contribution is 5.87. The molecule has 1 aliphatic carbocycles. The fourth-order valence-corrected chi connectivity index (χ4v) is 4.95. The second-order valence-electron chi connectivity index (χ2n) is 8.10. The molecule has 1 saturated carbocycles. The Bertz CT molecular complexity index is 1070. The maximum atomic E-state index is 14.3. The van der Waals surface area contributed by atoms with Crippen LogP contribution in [0.4, 0.5) is 8.78 Å². The second kappa shape index (κ2) is 8.37. The Morgan fingerprint density at radius 3 is 2.66 bits per heavy atom. The first-order valence-corrected chi connectivity index (χ1v) is 10.6. The van der Waals surface area contributed by atoms with Gasteiger partial charge in [-0.25, -0.2) is 8.78 Å². The van der Waals surface area contributed by atoms with E-state index < -0.39 is 11.6 Å². The van der Waals surface area contributed by atoms with Crippen LogP contribution in [-0.2, 0) is 5.41 Å².